The van der Waals surface area contributed by atoms with Crippen molar-refractivity contribution >= 4 is 15.9 Å². The summed E-state index contributed by atoms with van der Waals surface area (Å²) in [7, 11) is 0. The van der Waals surface area contributed by atoms with E-state index in [4.69, 9.17) is 5.11 Å². The second-order valence-corrected chi connectivity index (χ2v) is 2.99. The second-order valence-electron chi connectivity index (χ2n) is 2.20. The van der Waals surface area contributed by atoms with Crippen LogP contribution in [0.4, 0.5) is 0 Å². The van der Waals surface area contributed by atoms with Crippen LogP contribution in [-0.4, -0.2) is 41.6 Å². The van der Waals surface area contributed by atoms with Crippen LogP contribution in [-0.2, 0) is 0 Å². The lowest BCUT2D eigenvalue weighted by atomic mass is 10.4. The minimum Gasteiger partial charge on any atom is -0.395 e. The Morgan fingerprint density at radius 2 is 2.10 bits per heavy atom. The highest BCUT2D eigenvalue weighted by Crippen LogP contribution is 1.93. The maximum atomic E-state index is 8.61. The van der Waals surface area contributed by atoms with Crippen LogP contribution in [0.25, 0.3) is 0 Å². The Hall–Kier alpha value is 0.400. The lowest BCUT2D eigenvalue weighted by Gasteiger charge is -2.17. The first-order valence-corrected chi connectivity index (χ1v) is 4.86. The highest BCUT2D eigenvalue weighted by Gasteiger charge is 1.98. The van der Waals surface area contributed by atoms with E-state index in [1.54, 1.807) is 0 Å². The van der Waals surface area contributed by atoms with Crippen LogP contribution >= 0.6 is 15.9 Å². The summed E-state index contributed by atoms with van der Waals surface area (Å²) in [5.74, 6) is 0. The molecular weight excluding hydrogens is 194 g/mol. The fraction of sp³-hybridized carbons (Fsp3) is 1.00. The van der Waals surface area contributed by atoms with Gasteiger partial charge in [0, 0.05) is 11.9 Å². The number of aliphatic hydroxyl groups excluding tert-OH is 1. The highest BCUT2D eigenvalue weighted by molar-refractivity contribution is 9.09. The molecule has 10 heavy (non-hydrogen) atoms. The fourth-order valence-electron chi connectivity index (χ4n) is 0.853. The van der Waals surface area contributed by atoms with Gasteiger partial charge in [-0.05, 0) is 19.5 Å². The largest absolute Gasteiger partial charge is 0.395 e. The second kappa shape index (κ2) is 7.51. The molecule has 0 radical (unpaired) electrons. The number of likely N-dealkylation sites (N-methyl/N-ethyl adjacent to an activating group) is 1. The molecule has 1 N–H and O–H groups in total. The van der Waals surface area contributed by atoms with Crippen molar-refractivity contribution < 1.29 is 5.11 Å². The first-order chi connectivity index (χ1) is 4.85. The molecule has 0 rings (SSSR count). The van der Waals surface area contributed by atoms with Crippen molar-refractivity contribution in [3.63, 3.8) is 0 Å². The van der Waals surface area contributed by atoms with Gasteiger partial charge >= 0.3 is 0 Å². The van der Waals surface area contributed by atoms with Gasteiger partial charge in [-0.1, -0.05) is 22.9 Å². The summed E-state index contributed by atoms with van der Waals surface area (Å²) in [6.07, 6.45) is 1.16. The molecule has 0 saturated carbocycles. The SMILES string of the molecule is CCN(CCO)CCCBr. The van der Waals surface area contributed by atoms with Gasteiger partial charge in [-0.2, -0.15) is 0 Å². The molecule has 0 aliphatic heterocycles. The van der Waals surface area contributed by atoms with Crippen molar-refractivity contribution in [1.29, 1.82) is 0 Å². The average Bonchev–Trinajstić information content (AvgIpc) is 1.98. The van der Waals surface area contributed by atoms with Gasteiger partial charge < -0.3 is 10.0 Å². The lowest BCUT2D eigenvalue weighted by Crippen LogP contribution is -2.27. The molecule has 0 aromatic heterocycles. The molecule has 0 fully saturated rings. The van der Waals surface area contributed by atoms with Crippen LogP contribution in [0.5, 0.6) is 0 Å². The highest BCUT2D eigenvalue weighted by atomic mass is 79.9. The lowest BCUT2D eigenvalue weighted by molar-refractivity contribution is 0.203. The molecule has 0 heterocycles. The Kier molecular flexibility index (Phi) is 7.81. The Morgan fingerprint density at radius 1 is 1.40 bits per heavy atom. The molecule has 0 aromatic carbocycles. The molecule has 0 atom stereocenters. The molecule has 0 bridgehead atoms. The van der Waals surface area contributed by atoms with Crippen molar-refractivity contribution in [1.82, 2.24) is 4.90 Å². The van der Waals surface area contributed by atoms with Crippen molar-refractivity contribution in [3.05, 3.63) is 0 Å². The molecule has 0 aromatic rings. The van der Waals surface area contributed by atoms with Gasteiger partial charge in [0.1, 0.15) is 0 Å². The smallest absolute Gasteiger partial charge is 0.0558 e. The molecule has 0 amide bonds. The summed E-state index contributed by atoms with van der Waals surface area (Å²) in [6.45, 7) is 5.32. The van der Waals surface area contributed by atoms with E-state index in [0.29, 0.717) is 0 Å². The predicted molar refractivity (Wildman–Crippen MR) is 47.6 cm³/mol. The van der Waals surface area contributed by atoms with Gasteiger partial charge in [0.2, 0.25) is 0 Å². The van der Waals surface area contributed by atoms with Gasteiger partial charge in [0.15, 0.2) is 0 Å². The first-order valence-electron chi connectivity index (χ1n) is 3.74. The van der Waals surface area contributed by atoms with Gasteiger partial charge in [0.05, 0.1) is 6.61 Å². The zero-order valence-corrected chi connectivity index (χ0v) is 8.10. The Balaban J connectivity index is 3.21. The fourth-order valence-corrected chi connectivity index (χ4v) is 1.10. The molecule has 0 aliphatic carbocycles. The van der Waals surface area contributed by atoms with Crippen LogP contribution in [0.15, 0.2) is 0 Å². The van der Waals surface area contributed by atoms with Crippen molar-refractivity contribution in [3.8, 4) is 0 Å². The normalized spacial score (nSPS) is 10.8. The minimum absolute atomic E-state index is 0.274. The molecular formula is C7H16BrNO. The summed E-state index contributed by atoms with van der Waals surface area (Å²) >= 11 is 3.37. The summed E-state index contributed by atoms with van der Waals surface area (Å²) in [5.41, 5.74) is 0. The molecule has 0 unspecified atom stereocenters. The van der Waals surface area contributed by atoms with Gasteiger partial charge in [-0.25, -0.2) is 0 Å². The number of hydrogen-bond donors (Lipinski definition) is 1. The number of alkyl halides is 1. The van der Waals surface area contributed by atoms with E-state index in [9.17, 15) is 0 Å². The monoisotopic (exact) mass is 209 g/mol. The van der Waals surface area contributed by atoms with E-state index in [0.717, 1.165) is 31.4 Å². The van der Waals surface area contributed by atoms with E-state index in [2.05, 4.69) is 27.8 Å². The van der Waals surface area contributed by atoms with Crippen molar-refractivity contribution in [2.45, 2.75) is 13.3 Å². The Labute approximate surface area is 71.4 Å². The zero-order valence-electron chi connectivity index (χ0n) is 6.52. The van der Waals surface area contributed by atoms with Crippen molar-refractivity contribution in [2.75, 3.05) is 31.6 Å². The third-order valence-electron chi connectivity index (χ3n) is 1.47. The molecule has 3 heteroatoms. The molecule has 0 aliphatic rings. The zero-order chi connectivity index (χ0) is 7.82. The quantitative estimate of drug-likeness (QED) is 0.663. The van der Waals surface area contributed by atoms with E-state index < -0.39 is 0 Å². The van der Waals surface area contributed by atoms with Gasteiger partial charge in [-0.3, -0.25) is 0 Å². The Morgan fingerprint density at radius 3 is 2.50 bits per heavy atom. The number of rotatable bonds is 6. The topological polar surface area (TPSA) is 23.5 Å². The van der Waals surface area contributed by atoms with E-state index >= 15 is 0 Å². The Bertz CT molecular complexity index is 70.6. The standard InChI is InChI=1S/C7H16BrNO/c1-2-9(6-7-10)5-3-4-8/h10H,2-7H2,1H3. The maximum Gasteiger partial charge on any atom is 0.0558 e. The van der Waals surface area contributed by atoms with E-state index in [1.165, 1.54) is 0 Å². The van der Waals surface area contributed by atoms with Crippen LogP contribution < -0.4 is 0 Å². The molecule has 0 spiro atoms. The third kappa shape index (κ3) is 5.21. The summed E-state index contributed by atoms with van der Waals surface area (Å²) in [4.78, 5) is 2.24. The van der Waals surface area contributed by atoms with E-state index in [-0.39, 0.29) is 6.61 Å². The van der Waals surface area contributed by atoms with E-state index in [1.807, 2.05) is 0 Å². The van der Waals surface area contributed by atoms with Crippen LogP contribution in [0.3, 0.4) is 0 Å². The van der Waals surface area contributed by atoms with Gasteiger partial charge in [-0.15, -0.1) is 0 Å². The molecule has 2 nitrogen and oxygen atoms in total. The maximum absolute atomic E-state index is 8.61. The summed E-state index contributed by atoms with van der Waals surface area (Å²) < 4.78 is 0. The number of nitrogens with zero attached hydrogens (tertiary/aromatic N) is 1. The van der Waals surface area contributed by atoms with Crippen molar-refractivity contribution in [2.24, 2.45) is 0 Å². The minimum atomic E-state index is 0.274. The van der Waals surface area contributed by atoms with Crippen LogP contribution in [0, 0.1) is 0 Å². The molecule has 62 valence electrons. The third-order valence-corrected chi connectivity index (χ3v) is 2.03. The summed E-state index contributed by atoms with van der Waals surface area (Å²) in [5, 5.41) is 9.66. The summed E-state index contributed by atoms with van der Waals surface area (Å²) in [6, 6.07) is 0. The number of halogens is 1. The van der Waals surface area contributed by atoms with Crippen LogP contribution in [0.1, 0.15) is 13.3 Å². The number of aliphatic hydroxyl groups is 1. The predicted octanol–water partition coefficient (Wildman–Crippen LogP) is 1.09. The van der Waals surface area contributed by atoms with Crippen LogP contribution in [0.2, 0.25) is 0 Å². The van der Waals surface area contributed by atoms with Gasteiger partial charge in [0.25, 0.3) is 0 Å². The average molecular weight is 210 g/mol. The molecule has 0 saturated heterocycles. The first kappa shape index (κ1) is 10.4. The number of hydrogen-bond acceptors (Lipinski definition) is 2.